The van der Waals surface area contributed by atoms with Crippen LogP contribution in [0.5, 0.6) is 0 Å². The number of hydrogen-bond acceptors (Lipinski definition) is 2. The van der Waals surface area contributed by atoms with Crippen LogP contribution in [0.3, 0.4) is 0 Å². The number of hydrogen-bond donors (Lipinski definition) is 1. The van der Waals surface area contributed by atoms with E-state index >= 15 is 0 Å². The minimum atomic E-state index is -0.130. The van der Waals surface area contributed by atoms with Crippen molar-refractivity contribution in [3.8, 4) is 0 Å². The summed E-state index contributed by atoms with van der Waals surface area (Å²) < 4.78 is 5.46. The molecule has 0 rings (SSSR count). The summed E-state index contributed by atoms with van der Waals surface area (Å²) in [6.07, 6.45) is 2.70. The van der Waals surface area contributed by atoms with Crippen LogP contribution < -0.4 is 0 Å². The fraction of sp³-hybridized carbons (Fsp3) is 0.700. The van der Waals surface area contributed by atoms with Gasteiger partial charge in [-0.05, 0) is 27.7 Å². The van der Waals surface area contributed by atoms with Crippen LogP contribution in [-0.4, -0.2) is 18.8 Å². The molecular formula is C10H19BNO. The third-order valence-corrected chi connectivity index (χ3v) is 1.33. The molecule has 1 N–H and O–H groups in total. The van der Waals surface area contributed by atoms with Crippen molar-refractivity contribution in [1.29, 1.82) is 5.41 Å². The summed E-state index contributed by atoms with van der Waals surface area (Å²) in [7, 11) is 1.75. The van der Waals surface area contributed by atoms with E-state index in [1.807, 2.05) is 33.8 Å². The van der Waals surface area contributed by atoms with Crippen molar-refractivity contribution in [2.24, 2.45) is 0 Å². The largest absolute Gasteiger partial charge is 0.430 e. The van der Waals surface area contributed by atoms with E-state index < -0.39 is 0 Å². The zero-order chi connectivity index (χ0) is 10.5. The van der Waals surface area contributed by atoms with Gasteiger partial charge in [0.2, 0.25) is 0 Å². The lowest BCUT2D eigenvalue weighted by molar-refractivity contribution is 0.140. The van der Waals surface area contributed by atoms with E-state index in [0.717, 1.165) is 5.47 Å². The molecule has 0 aromatic carbocycles. The molecule has 0 unspecified atom stereocenters. The van der Waals surface area contributed by atoms with Crippen LogP contribution in [0, 0.1) is 5.41 Å². The van der Waals surface area contributed by atoms with Gasteiger partial charge in [0.15, 0.2) is 0 Å². The van der Waals surface area contributed by atoms with Gasteiger partial charge in [0.25, 0.3) is 0 Å². The molecular weight excluding hydrogens is 161 g/mol. The Kier molecular flexibility index (Phi) is 5.00. The molecule has 0 fully saturated rings. The van der Waals surface area contributed by atoms with Crippen molar-refractivity contribution >= 4 is 13.2 Å². The molecule has 0 heterocycles. The Bertz CT molecular complexity index is 203. The van der Waals surface area contributed by atoms with Crippen molar-refractivity contribution in [3.05, 3.63) is 11.5 Å². The summed E-state index contributed by atoms with van der Waals surface area (Å²) in [6, 6.07) is 0. The zero-order valence-corrected chi connectivity index (χ0v) is 9.27. The Labute approximate surface area is 82.2 Å². The first kappa shape index (κ1) is 12.4. The summed E-state index contributed by atoms with van der Waals surface area (Å²) >= 11 is 0. The van der Waals surface area contributed by atoms with Crippen LogP contribution in [0.15, 0.2) is 11.5 Å². The van der Waals surface area contributed by atoms with Gasteiger partial charge < -0.3 is 10.1 Å². The van der Waals surface area contributed by atoms with Gasteiger partial charge in [0.05, 0.1) is 0 Å². The highest BCUT2D eigenvalue weighted by molar-refractivity contribution is 6.37. The van der Waals surface area contributed by atoms with E-state index in [4.69, 9.17) is 10.1 Å². The average molecular weight is 180 g/mol. The molecule has 3 heteroatoms. The summed E-state index contributed by atoms with van der Waals surface area (Å²) in [5, 5.41) is 7.24. The Morgan fingerprint density at radius 2 is 1.92 bits per heavy atom. The first-order valence-electron chi connectivity index (χ1n) is 4.53. The summed E-state index contributed by atoms with van der Waals surface area (Å²) in [5.41, 5.74) is 1.61. The van der Waals surface area contributed by atoms with E-state index in [2.05, 4.69) is 0 Å². The summed E-state index contributed by atoms with van der Waals surface area (Å²) in [4.78, 5) is 0. The first-order chi connectivity index (χ1) is 5.81. The molecule has 0 aromatic rings. The van der Waals surface area contributed by atoms with Crippen LogP contribution in [0.2, 0.25) is 0 Å². The van der Waals surface area contributed by atoms with Crippen molar-refractivity contribution in [3.63, 3.8) is 0 Å². The van der Waals surface area contributed by atoms with Gasteiger partial charge in [-0.1, -0.05) is 18.5 Å². The van der Waals surface area contributed by atoms with Gasteiger partial charge in [0.1, 0.15) is 0 Å². The lowest BCUT2D eigenvalue weighted by Gasteiger charge is -2.19. The van der Waals surface area contributed by atoms with Crippen LogP contribution in [0.1, 0.15) is 41.0 Å². The predicted octanol–water partition coefficient (Wildman–Crippen LogP) is 2.75. The van der Waals surface area contributed by atoms with E-state index in [1.54, 1.807) is 14.4 Å². The smallest absolute Gasteiger partial charge is 0.325 e. The third kappa shape index (κ3) is 9.35. The SMILES string of the molecule is CC(=N)C/C=C(\C)[B]OC(C)(C)C. The zero-order valence-electron chi connectivity index (χ0n) is 9.27. The maximum atomic E-state index is 7.24. The molecule has 0 atom stereocenters. The first-order valence-corrected chi connectivity index (χ1v) is 4.53. The van der Waals surface area contributed by atoms with Gasteiger partial charge in [0, 0.05) is 17.7 Å². The van der Waals surface area contributed by atoms with E-state index in [1.165, 1.54) is 0 Å². The third-order valence-electron chi connectivity index (χ3n) is 1.33. The van der Waals surface area contributed by atoms with E-state index in [9.17, 15) is 0 Å². The minimum Gasteiger partial charge on any atom is -0.430 e. The van der Waals surface area contributed by atoms with Gasteiger partial charge in [-0.15, -0.1) is 0 Å². The number of allylic oxidation sites excluding steroid dienone is 2. The second kappa shape index (κ2) is 5.23. The molecule has 0 aliphatic rings. The van der Waals surface area contributed by atoms with Crippen LogP contribution in [0.25, 0.3) is 0 Å². The molecule has 73 valence electrons. The van der Waals surface area contributed by atoms with Gasteiger partial charge in [-0.2, -0.15) is 0 Å². The fourth-order valence-electron chi connectivity index (χ4n) is 0.632. The predicted molar refractivity (Wildman–Crippen MR) is 58.4 cm³/mol. The average Bonchev–Trinajstić information content (AvgIpc) is 1.95. The van der Waals surface area contributed by atoms with Crippen molar-refractivity contribution in [2.75, 3.05) is 0 Å². The van der Waals surface area contributed by atoms with Crippen molar-refractivity contribution < 1.29 is 4.65 Å². The topological polar surface area (TPSA) is 33.1 Å². The molecule has 0 saturated heterocycles. The van der Waals surface area contributed by atoms with Gasteiger partial charge >= 0.3 is 7.48 Å². The standard InChI is InChI=1S/C10H19BNO/c1-8(6-7-9(2)12)11-13-10(3,4)5/h6,12H,7H2,1-5H3/b8-6+,12-9?. The summed E-state index contributed by atoms with van der Waals surface area (Å²) in [5.74, 6) is 0. The molecule has 0 aliphatic carbocycles. The molecule has 0 spiro atoms. The van der Waals surface area contributed by atoms with Crippen LogP contribution in [-0.2, 0) is 4.65 Å². The normalized spacial score (nSPS) is 12.8. The molecule has 0 aliphatic heterocycles. The van der Waals surface area contributed by atoms with Crippen molar-refractivity contribution in [1.82, 2.24) is 0 Å². The van der Waals surface area contributed by atoms with E-state index in [-0.39, 0.29) is 5.60 Å². The maximum absolute atomic E-state index is 7.24. The Morgan fingerprint density at radius 3 is 2.31 bits per heavy atom. The molecule has 13 heavy (non-hydrogen) atoms. The highest BCUT2D eigenvalue weighted by atomic mass is 16.5. The molecule has 0 saturated carbocycles. The van der Waals surface area contributed by atoms with Crippen LogP contribution >= 0.6 is 0 Å². The van der Waals surface area contributed by atoms with Crippen molar-refractivity contribution in [2.45, 2.75) is 46.6 Å². The summed E-state index contributed by atoms with van der Waals surface area (Å²) in [6.45, 7) is 9.82. The quantitative estimate of drug-likeness (QED) is 0.523. The second-order valence-electron chi connectivity index (χ2n) is 4.28. The molecule has 0 bridgehead atoms. The lowest BCUT2D eigenvalue weighted by Crippen LogP contribution is -2.22. The molecule has 0 amide bonds. The highest BCUT2D eigenvalue weighted by Crippen LogP contribution is 2.07. The van der Waals surface area contributed by atoms with Gasteiger partial charge in [-0.3, -0.25) is 0 Å². The molecule has 2 nitrogen and oxygen atoms in total. The van der Waals surface area contributed by atoms with Crippen LogP contribution in [0.4, 0.5) is 0 Å². The highest BCUT2D eigenvalue weighted by Gasteiger charge is 2.10. The maximum Gasteiger partial charge on any atom is 0.325 e. The lowest BCUT2D eigenvalue weighted by atomic mass is 9.86. The minimum absolute atomic E-state index is 0.130. The second-order valence-corrected chi connectivity index (χ2v) is 4.28. The Hall–Kier alpha value is -0.565. The van der Waals surface area contributed by atoms with Gasteiger partial charge in [-0.25, -0.2) is 0 Å². The molecule has 1 radical (unpaired) electrons. The number of nitrogens with one attached hydrogen (secondary N) is 1. The number of rotatable bonds is 4. The molecule has 0 aromatic heterocycles. The Balaban J connectivity index is 3.80. The monoisotopic (exact) mass is 180 g/mol. The Morgan fingerprint density at radius 1 is 1.38 bits per heavy atom. The fourth-order valence-corrected chi connectivity index (χ4v) is 0.632. The van der Waals surface area contributed by atoms with E-state index in [0.29, 0.717) is 12.1 Å².